The zero-order valence-corrected chi connectivity index (χ0v) is 17.4. The van der Waals surface area contributed by atoms with Gasteiger partial charge in [-0.3, -0.25) is 19.3 Å². The van der Waals surface area contributed by atoms with Crippen LogP contribution in [0.25, 0.3) is 0 Å². The zero-order valence-electron chi connectivity index (χ0n) is 16.6. The number of carbonyl (C=O) groups excluding carboxylic acids is 3. The van der Waals surface area contributed by atoms with Crippen LogP contribution in [0.1, 0.15) is 16.8 Å². The number of hydrogen-bond donors (Lipinski definition) is 0. The molecule has 2 aromatic carbocycles. The van der Waals surface area contributed by atoms with Gasteiger partial charge in [-0.2, -0.15) is 0 Å². The summed E-state index contributed by atoms with van der Waals surface area (Å²) in [7, 11) is 0. The minimum absolute atomic E-state index is 0.0775. The maximum absolute atomic E-state index is 13.2. The first kappa shape index (κ1) is 18.8. The van der Waals surface area contributed by atoms with E-state index in [1.807, 2.05) is 0 Å². The number of Topliss-reactive ketones (excluding diaryl/α,β-unsaturated/α-hetero) is 1. The molecule has 2 amide bonds. The van der Waals surface area contributed by atoms with Crippen molar-refractivity contribution < 1.29 is 19.1 Å². The predicted molar refractivity (Wildman–Crippen MR) is 115 cm³/mol. The molecule has 6 heteroatoms. The highest BCUT2D eigenvalue weighted by Crippen LogP contribution is 2.65. The Kier molecular flexibility index (Phi) is 4.12. The number of halogens is 1. The molecule has 0 aromatic heterocycles. The first-order chi connectivity index (χ1) is 15.0. The van der Waals surface area contributed by atoms with Crippen molar-refractivity contribution in [3.05, 3.63) is 71.3 Å². The molecule has 1 saturated heterocycles. The molecule has 2 saturated carbocycles. The standard InChI is InChI=1S/C25H20ClNO4/c26-14-3-1-13(2-4-14)21(28)12-31-16-7-5-15(6-8-16)27-24(29)22-17-9-10-18(20-11-19(17)20)23(22)25(27)30/h1-10,17-20,22-23H,11-12H2/t17-,18-,19-,20+,22+,23+/m1/s1. The lowest BCUT2D eigenvalue weighted by atomic mass is 9.63. The van der Waals surface area contributed by atoms with Gasteiger partial charge in [-0.25, -0.2) is 0 Å². The molecule has 5 nitrogen and oxygen atoms in total. The third kappa shape index (κ3) is 2.87. The normalized spacial score (nSPS) is 32.1. The van der Waals surface area contributed by atoms with Crippen LogP contribution in [0.5, 0.6) is 5.75 Å². The van der Waals surface area contributed by atoms with E-state index in [0.717, 1.165) is 6.42 Å². The molecule has 1 aliphatic heterocycles. The number of anilines is 1. The van der Waals surface area contributed by atoms with Crippen LogP contribution in [-0.2, 0) is 9.59 Å². The van der Waals surface area contributed by atoms with Crippen molar-refractivity contribution >= 4 is 34.9 Å². The van der Waals surface area contributed by atoms with E-state index in [4.69, 9.17) is 16.3 Å². The topological polar surface area (TPSA) is 63.7 Å². The fourth-order valence-corrected chi connectivity index (χ4v) is 5.90. The predicted octanol–water partition coefficient (Wildman–Crippen LogP) is 4.16. The summed E-state index contributed by atoms with van der Waals surface area (Å²) in [6.07, 6.45) is 5.49. The van der Waals surface area contributed by atoms with Gasteiger partial charge < -0.3 is 4.74 Å². The van der Waals surface area contributed by atoms with E-state index < -0.39 is 0 Å². The average molecular weight is 434 g/mol. The molecule has 2 bridgehead atoms. The highest BCUT2D eigenvalue weighted by molar-refractivity contribution is 6.30. The molecule has 7 rings (SSSR count). The summed E-state index contributed by atoms with van der Waals surface area (Å²) < 4.78 is 5.60. The van der Waals surface area contributed by atoms with Gasteiger partial charge in [0.1, 0.15) is 5.75 Å². The summed E-state index contributed by atoms with van der Waals surface area (Å²) in [4.78, 5) is 40.0. The molecule has 156 valence electrons. The van der Waals surface area contributed by atoms with Crippen LogP contribution >= 0.6 is 11.6 Å². The zero-order chi connectivity index (χ0) is 21.3. The summed E-state index contributed by atoms with van der Waals surface area (Å²) in [6.45, 7) is -0.107. The molecule has 1 heterocycles. The largest absolute Gasteiger partial charge is 0.485 e. The molecule has 2 aromatic rings. The van der Waals surface area contributed by atoms with Crippen molar-refractivity contribution in [1.29, 1.82) is 0 Å². The first-order valence-corrected chi connectivity index (χ1v) is 11.0. The Morgan fingerprint density at radius 3 is 2.06 bits per heavy atom. The van der Waals surface area contributed by atoms with Crippen LogP contribution in [0.2, 0.25) is 5.02 Å². The smallest absolute Gasteiger partial charge is 0.238 e. The molecule has 5 aliphatic rings. The molecule has 4 aliphatic carbocycles. The van der Waals surface area contributed by atoms with E-state index in [2.05, 4.69) is 12.2 Å². The Morgan fingerprint density at radius 2 is 1.48 bits per heavy atom. The quantitative estimate of drug-likeness (QED) is 0.403. The van der Waals surface area contributed by atoms with E-state index in [9.17, 15) is 14.4 Å². The fraction of sp³-hybridized carbons (Fsp3) is 0.320. The van der Waals surface area contributed by atoms with Crippen LogP contribution < -0.4 is 9.64 Å². The van der Waals surface area contributed by atoms with Gasteiger partial charge in [0.05, 0.1) is 17.5 Å². The molecular weight excluding hydrogens is 414 g/mol. The molecule has 3 fully saturated rings. The number of hydrogen-bond acceptors (Lipinski definition) is 4. The summed E-state index contributed by atoms with van der Waals surface area (Å²) >= 11 is 5.85. The second-order valence-corrected chi connectivity index (χ2v) is 9.32. The van der Waals surface area contributed by atoms with Gasteiger partial charge in [0.15, 0.2) is 12.4 Å². The minimum Gasteiger partial charge on any atom is -0.485 e. The average Bonchev–Trinajstić information content (AvgIpc) is 3.56. The monoisotopic (exact) mass is 433 g/mol. The number of benzene rings is 2. The number of amides is 2. The number of allylic oxidation sites excluding steroid dienone is 2. The number of rotatable bonds is 5. The highest BCUT2D eigenvalue weighted by atomic mass is 35.5. The number of ether oxygens (including phenoxy) is 1. The second-order valence-electron chi connectivity index (χ2n) is 8.88. The number of nitrogens with zero attached hydrogens (tertiary/aromatic N) is 1. The Morgan fingerprint density at radius 1 is 0.903 bits per heavy atom. The molecule has 0 spiro atoms. The van der Waals surface area contributed by atoms with Crippen LogP contribution in [0.4, 0.5) is 5.69 Å². The number of carbonyl (C=O) groups is 3. The summed E-state index contributed by atoms with van der Waals surface area (Å²) in [6, 6.07) is 13.5. The lowest BCUT2D eigenvalue weighted by Gasteiger charge is -2.37. The third-order valence-electron chi connectivity index (χ3n) is 7.29. The maximum Gasteiger partial charge on any atom is 0.238 e. The number of imide groups is 1. The van der Waals surface area contributed by atoms with Crippen molar-refractivity contribution in [2.75, 3.05) is 11.5 Å². The van der Waals surface area contributed by atoms with Gasteiger partial charge in [0.25, 0.3) is 0 Å². The Bertz CT molecular complexity index is 1090. The molecular formula is C25H20ClNO4. The van der Waals surface area contributed by atoms with E-state index in [0.29, 0.717) is 33.9 Å². The maximum atomic E-state index is 13.2. The lowest BCUT2D eigenvalue weighted by Crippen LogP contribution is -2.40. The van der Waals surface area contributed by atoms with Crippen molar-refractivity contribution in [3.8, 4) is 5.75 Å². The summed E-state index contributed by atoms with van der Waals surface area (Å²) in [5.41, 5.74) is 1.09. The fourth-order valence-electron chi connectivity index (χ4n) is 5.77. The van der Waals surface area contributed by atoms with Crippen LogP contribution in [0.15, 0.2) is 60.7 Å². The van der Waals surface area contributed by atoms with Gasteiger partial charge in [-0.15, -0.1) is 0 Å². The van der Waals surface area contributed by atoms with E-state index in [1.54, 1.807) is 48.5 Å². The molecule has 0 radical (unpaired) electrons. The van der Waals surface area contributed by atoms with Gasteiger partial charge in [-0.1, -0.05) is 23.8 Å². The van der Waals surface area contributed by atoms with Crippen molar-refractivity contribution in [1.82, 2.24) is 0 Å². The van der Waals surface area contributed by atoms with Crippen molar-refractivity contribution in [2.45, 2.75) is 6.42 Å². The van der Waals surface area contributed by atoms with Crippen molar-refractivity contribution in [2.24, 2.45) is 35.5 Å². The number of ketones is 1. The second kappa shape index (κ2) is 6.79. The van der Waals surface area contributed by atoms with Gasteiger partial charge in [0, 0.05) is 10.6 Å². The highest BCUT2D eigenvalue weighted by Gasteiger charge is 2.67. The Labute approximate surface area is 184 Å². The minimum atomic E-state index is -0.209. The van der Waals surface area contributed by atoms with Crippen LogP contribution in [-0.4, -0.2) is 24.2 Å². The summed E-state index contributed by atoms with van der Waals surface area (Å²) in [5, 5.41) is 0.569. The third-order valence-corrected chi connectivity index (χ3v) is 7.55. The van der Waals surface area contributed by atoms with Crippen LogP contribution in [0.3, 0.4) is 0 Å². The van der Waals surface area contributed by atoms with E-state index in [-0.39, 0.29) is 47.9 Å². The van der Waals surface area contributed by atoms with E-state index in [1.165, 1.54) is 4.90 Å². The van der Waals surface area contributed by atoms with E-state index >= 15 is 0 Å². The summed E-state index contributed by atoms with van der Waals surface area (Å²) in [5.74, 6) is 1.37. The SMILES string of the molecule is O=C(COc1ccc(N2C(=O)[C@H]3[C@@H]4C=C[C@H]([C@@H]5C[C@H]45)[C@@H]3C2=O)cc1)c1ccc(Cl)cc1. The van der Waals surface area contributed by atoms with Gasteiger partial charge >= 0.3 is 0 Å². The molecule has 31 heavy (non-hydrogen) atoms. The van der Waals surface area contributed by atoms with Crippen LogP contribution in [0, 0.1) is 35.5 Å². The Hall–Kier alpha value is -2.92. The van der Waals surface area contributed by atoms with Gasteiger partial charge in [0.2, 0.25) is 11.8 Å². The molecule has 6 atom stereocenters. The molecule has 0 unspecified atom stereocenters. The lowest BCUT2D eigenvalue weighted by molar-refractivity contribution is -0.124. The first-order valence-electron chi connectivity index (χ1n) is 10.6. The Balaban J connectivity index is 1.16. The van der Waals surface area contributed by atoms with Crippen molar-refractivity contribution in [3.63, 3.8) is 0 Å². The molecule has 0 N–H and O–H groups in total. The van der Waals surface area contributed by atoms with Gasteiger partial charge in [-0.05, 0) is 78.6 Å².